The van der Waals surface area contributed by atoms with E-state index in [0.29, 0.717) is 0 Å². The zero-order chi connectivity index (χ0) is 4.00. The van der Waals surface area contributed by atoms with Gasteiger partial charge < -0.3 is 28.7 Å². The molecule has 0 aliphatic carbocycles. The molecule has 11 heavy (non-hydrogen) atoms. The fraction of sp³-hybridized carbons (Fsp3) is 0.333. The first-order valence-corrected chi connectivity index (χ1v) is 1.41. The average Bonchev–Trinajstić information content (AvgIpc) is 1.50. The smallest absolute Gasteiger partial charge is 0.358 e. The zero-order valence-corrected chi connectivity index (χ0v) is 22.3. The third-order valence-corrected chi connectivity index (χ3v) is 0. The van der Waals surface area contributed by atoms with Crippen LogP contribution in [-0.2, 0) is 129 Å². The van der Waals surface area contributed by atoms with Crippen LogP contribution in [0.3, 0.4) is 0 Å². The van der Waals surface area contributed by atoms with Gasteiger partial charge in [-0.15, -0.1) is 0 Å². The van der Waals surface area contributed by atoms with Gasteiger partial charge in [-0.1, -0.05) is 0 Å². The van der Waals surface area contributed by atoms with E-state index in [1.165, 1.54) is 0 Å². The molecule has 0 aliphatic heterocycles. The maximum Gasteiger partial charge on any atom is 2.00 e. The van der Waals surface area contributed by atoms with Gasteiger partial charge in [0.1, 0.15) is 0 Å². The summed E-state index contributed by atoms with van der Waals surface area (Å²) in [7, 11) is 0. The molecule has 0 atom stereocenters. The first-order chi connectivity index (χ1) is 2.00. The van der Waals surface area contributed by atoms with Gasteiger partial charge in [-0.05, 0) is 0 Å². The quantitative estimate of drug-likeness (QED) is 0.331. The first kappa shape index (κ1) is 79.1. The molecule has 0 heterocycles. The number of hydrogen-bond acceptors (Lipinski definition) is 0. The standard InChI is InChI=1S/2C2H5.2CH3.3W.2Y/c2*1-2;;;;;;;/h2*1H2,2H3;2*1H3;;;;;/q4*-1;;;+2;;. The summed E-state index contributed by atoms with van der Waals surface area (Å²) in [5.74, 6) is 0. The van der Waals surface area contributed by atoms with Crippen LogP contribution >= 0.6 is 0 Å². The predicted octanol–water partition coefficient (Wildman–Crippen LogP) is 2.57. The first-order valence-electron chi connectivity index (χ1n) is 1.41. The molecular formula is C6H16W3Y2-2. The molecule has 5 heteroatoms. The minimum Gasteiger partial charge on any atom is -0.358 e. The number of hydrogen-bond donors (Lipinski definition) is 0. The summed E-state index contributed by atoms with van der Waals surface area (Å²) in [5.41, 5.74) is 0. The van der Waals surface area contributed by atoms with E-state index < -0.39 is 0 Å². The van der Waals surface area contributed by atoms with E-state index in [1.54, 1.807) is 13.8 Å². The van der Waals surface area contributed by atoms with Crippen molar-refractivity contribution in [2.75, 3.05) is 0 Å². The van der Waals surface area contributed by atoms with Crippen LogP contribution in [0.15, 0.2) is 0 Å². The van der Waals surface area contributed by atoms with Crippen molar-refractivity contribution in [3.8, 4) is 0 Å². The molecule has 2 radical (unpaired) electrons. The van der Waals surface area contributed by atoms with E-state index >= 15 is 0 Å². The van der Waals surface area contributed by atoms with Gasteiger partial charge in [0.25, 0.3) is 0 Å². The van der Waals surface area contributed by atoms with Crippen LogP contribution in [-0.4, -0.2) is 0 Å². The Labute approximate surface area is 168 Å². The Balaban J connectivity index is -0.000000000635. The molecular weight excluding hydrogens is 801 g/mol. The van der Waals surface area contributed by atoms with Crippen LogP contribution in [0, 0.1) is 28.7 Å². The Bertz CT molecular complexity index is 15.8. The summed E-state index contributed by atoms with van der Waals surface area (Å²) < 4.78 is 0. The van der Waals surface area contributed by atoms with Gasteiger partial charge in [-0.25, -0.2) is 0 Å². The molecule has 0 saturated carbocycles. The molecule has 0 N–H and O–H groups in total. The molecule has 0 saturated heterocycles. The fourth-order valence-electron chi connectivity index (χ4n) is 0. The van der Waals surface area contributed by atoms with Gasteiger partial charge in [0.05, 0.1) is 0 Å². The predicted molar refractivity (Wildman–Crippen MR) is 34.9 cm³/mol. The van der Waals surface area contributed by atoms with Crippen molar-refractivity contribution >= 4 is 0 Å². The SMILES string of the molecule is [CH2-]C.[CH2-]C.[CH3-].[CH3-].[W+2].[W].[W].[Y].[Y]. The van der Waals surface area contributed by atoms with Gasteiger partial charge in [0.2, 0.25) is 0 Å². The average molecular weight is 818 g/mol. The van der Waals surface area contributed by atoms with Crippen molar-refractivity contribution in [2.24, 2.45) is 0 Å². The van der Waals surface area contributed by atoms with Gasteiger partial charge >= 0.3 is 21.1 Å². The normalized spacial score (nSPS) is 1.09. The van der Waals surface area contributed by atoms with E-state index in [-0.39, 0.29) is 143 Å². The van der Waals surface area contributed by atoms with E-state index in [4.69, 9.17) is 0 Å². The van der Waals surface area contributed by atoms with Crippen LogP contribution in [0.4, 0.5) is 0 Å². The molecule has 0 spiro atoms. The minimum absolute atomic E-state index is 0. The topological polar surface area (TPSA) is 0 Å². The third-order valence-electron chi connectivity index (χ3n) is 0. The van der Waals surface area contributed by atoms with E-state index in [2.05, 4.69) is 13.8 Å². The molecule has 66 valence electrons. The van der Waals surface area contributed by atoms with E-state index in [9.17, 15) is 0 Å². The Morgan fingerprint density at radius 3 is 0.636 bits per heavy atom. The maximum absolute atomic E-state index is 3.25. The van der Waals surface area contributed by atoms with Gasteiger partial charge in [0.15, 0.2) is 0 Å². The molecule has 0 aromatic rings. The fourth-order valence-corrected chi connectivity index (χ4v) is 0. The van der Waals surface area contributed by atoms with Crippen molar-refractivity contribution in [1.29, 1.82) is 0 Å². The number of rotatable bonds is 0. The van der Waals surface area contributed by atoms with Gasteiger partial charge in [0, 0.05) is 108 Å². The van der Waals surface area contributed by atoms with Crippen LogP contribution in [0.25, 0.3) is 0 Å². The van der Waals surface area contributed by atoms with Gasteiger partial charge in [-0.3, -0.25) is 0 Å². The summed E-state index contributed by atoms with van der Waals surface area (Å²) >= 11 is 0. The van der Waals surface area contributed by atoms with Crippen LogP contribution in [0.5, 0.6) is 0 Å². The Hall–Kier alpha value is 4.27. The molecule has 0 aromatic carbocycles. The summed E-state index contributed by atoms with van der Waals surface area (Å²) in [6.07, 6.45) is 0. The summed E-state index contributed by atoms with van der Waals surface area (Å²) in [6.45, 7) is 10.0. The monoisotopic (exact) mass is 818 g/mol. The van der Waals surface area contributed by atoms with Crippen molar-refractivity contribution in [3.05, 3.63) is 28.7 Å². The second-order valence-electron chi connectivity index (χ2n) is 0. The Kier molecular flexibility index (Phi) is 990. The largest absolute Gasteiger partial charge is 2.00 e. The zero-order valence-electron chi connectivity index (χ0n) is 7.79. The summed E-state index contributed by atoms with van der Waals surface area (Å²) in [6, 6.07) is 0. The van der Waals surface area contributed by atoms with Crippen LogP contribution < -0.4 is 0 Å². The Morgan fingerprint density at radius 2 is 0.636 bits per heavy atom. The molecule has 0 amide bonds. The van der Waals surface area contributed by atoms with Crippen LogP contribution in [0.1, 0.15) is 13.8 Å². The molecule has 0 aromatic heterocycles. The molecule has 0 fully saturated rings. The van der Waals surface area contributed by atoms with Crippen molar-refractivity contribution in [2.45, 2.75) is 13.8 Å². The second-order valence-corrected chi connectivity index (χ2v) is 0. The van der Waals surface area contributed by atoms with Crippen molar-refractivity contribution in [1.82, 2.24) is 0 Å². The maximum atomic E-state index is 3.25. The van der Waals surface area contributed by atoms with Gasteiger partial charge in [-0.2, -0.15) is 13.8 Å². The van der Waals surface area contributed by atoms with E-state index in [0.717, 1.165) is 0 Å². The molecule has 0 unspecified atom stereocenters. The second kappa shape index (κ2) is 138. The molecule has 0 nitrogen and oxygen atoms in total. The van der Waals surface area contributed by atoms with Crippen LogP contribution in [0.2, 0.25) is 0 Å². The minimum atomic E-state index is 0. The third kappa shape index (κ3) is 118. The van der Waals surface area contributed by atoms with Crippen molar-refractivity contribution < 1.29 is 129 Å². The summed E-state index contributed by atoms with van der Waals surface area (Å²) in [4.78, 5) is 0. The Morgan fingerprint density at radius 1 is 0.636 bits per heavy atom. The molecule has 0 rings (SSSR count). The van der Waals surface area contributed by atoms with E-state index in [1.807, 2.05) is 0 Å². The molecule has 0 bridgehead atoms. The molecule has 0 aliphatic rings. The van der Waals surface area contributed by atoms with Crippen molar-refractivity contribution in [3.63, 3.8) is 0 Å². The summed E-state index contributed by atoms with van der Waals surface area (Å²) in [5, 5.41) is 0.